The number of anilines is 1. The number of esters is 1. The maximum absolute atomic E-state index is 11.9. The third-order valence-corrected chi connectivity index (χ3v) is 3.36. The number of carbonyl (C=O) groups excluding carboxylic acids is 2. The molecule has 0 fully saturated rings. The molecule has 1 aromatic carbocycles. The predicted octanol–water partition coefficient (Wildman–Crippen LogP) is 3.33. The van der Waals surface area contributed by atoms with E-state index in [1.807, 2.05) is 35.0 Å². The van der Waals surface area contributed by atoms with Gasteiger partial charge in [-0.2, -0.15) is 11.3 Å². The van der Waals surface area contributed by atoms with E-state index in [0.717, 1.165) is 5.56 Å². The second-order valence-electron chi connectivity index (χ2n) is 4.32. The van der Waals surface area contributed by atoms with Crippen LogP contribution >= 0.6 is 11.3 Å². The van der Waals surface area contributed by atoms with Gasteiger partial charge in [-0.05, 0) is 47.5 Å². The fraction of sp³-hybridized carbons (Fsp3) is 0.125. The van der Waals surface area contributed by atoms with Crippen molar-refractivity contribution >= 4 is 35.0 Å². The van der Waals surface area contributed by atoms with E-state index in [1.54, 1.807) is 29.5 Å². The fourth-order valence-electron chi connectivity index (χ4n) is 1.57. The van der Waals surface area contributed by atoms with Gasteiger partial charge in [0.05, 0.1) is 0 Å². The quantitative estimate of drug-likeness (QED) is 0.681. The third kappa shape index (κ3) is 4.89. The van der Waals surface area contributed by atoms with Crippen LogP contribution < -0.4 is 5.32 Å². The number of rotatable bonds is 5. The molecule has 2 aromatic rings. The summed E-state index contributed by atoms with van der Waals surface area (Å²) >= 11 is 1.54. The molecule has 5 heteroatoms. The number of carbonyl (C=O) groups is 2. The van der Waals surface area contributed by atoms with Gasteiger partial charge in [-0.15, -0.1) is 0 Å². The number of thiophene rings is 1. The van der Waals surface area contributed by atoms with Crippen molar-refractivity contribution in [3.63, 3.8) is 0 Å². The average Bonchev–Trinajstić information content (AvgIpc) is 2.99. The maximum atomic E-state index is 11.9. The Morgan fingerprint density at radius 1 is 1.24 bits per heavy atom. The Kier molecular flexibility index (Phi) is 5.29. The van der Waals surface area contributed by atoms with Crippen LogP contribution in [0.3, 0.4) is 0 Å². The zero-order chi connectivity index (χ0) is 15.1. The molecule has 21 heavy (non-hydrogen) atoms. The van der Waals surface area contributed by atoms with Crippen molar-refractivity contribution in [1.82, 2.24) is 0 Å². The molecule has 0 unspecified atom stereocenters. The lowest BCUT2D eigenvalue weighted by Crippen LogP contribution is -2.29. The zero-order valence-corrected chi connectivity index (χ0v) is 12.3. The number of nitrogens with one attached hydrogen (secondary N) is 1. The lowest BCUT2D eigenvalue weighted by atomic mass is 10.3. The van der Waals surface area contributed by atoms with Gasteiger partial charge < -0.3 is 10.1 Å². The minimum Gasteiger partial charge on any atom is -0.449 e. The van der Waals surface area contributed by atoms with Crippen molar-refractivity contribution in [3.8, 4) is 0 Å². The van der Waals surface area contributed by atoms with Gasteiger partial charge in [0.1, 0.15) is 0 Å². The monoisotopic (exact) mass is 301 g/mol. The van der Waals surface area contributed by atoms with Crippen molar-refractivity contribution in [3.05, 3.63) is 58.8 Å². The summed E-state index contributed by atoms with van der Waals surface area (Å²) in [6.07, 6.45) is 2.11. The van der Waals surface area contributed by atoms with E-state index in [1.165, 1.54) is 13.0 Å². The molecule has 1 aromatic heterocycles. The molecule has 0 aliphatic rings. The van der Waals surface area contributed by atoms with Crippen LogP contribution in [0, 0.1) is 0 Å². The molecular formula is C16H15NO3S. The average molecular weight is 301 g/mol. The van der Waals surface area contributed by atoms with E-state index in [9.17, 15) is 9.59 Å². The Morgan fingerprint density at radius 2 is 2.00 bits per heavy atom. The molecule has 1 heterocycles. The molecule has 4 nitrogen and oxygen atoms in total. The first-order valence-corrected chi connectivity index (χ1v) is 7.36. The van der Waals surface area contributed by atoms with Crippen LogP contribution in [0.25, 0.3) is 6.08 Å². The first-order chi connectivity index (χ1) is 10.1. The van der Waals surface area contributed by atoms with Crippen LogP contribution in [0.5, 0.6) is 0 Å². The Bertz CT molecular complexity index is 620. The molecule has 0 saturated carbocycles. The molecule has 1 N–H and O–H groups in total. The number of amides is 1. The van der Waals surface area contributed by atoms with Gasteiger partial charge in [-0.3, -0.25) is 4.79 Å². The van der Waals surface area contributed by atoms with Crippen molar-refractivity contribution in [2.24, 2.45) is 0 Å². The second kappa shape index (κ2) is 7.40. The summed E-state index contributed by atoms with van der Waals surface area (Å²) in [5.74, 6) is -0.907. The topological polar surface area (TPSA) is 55.4 Å². The molecule has 108 valence electrons. The molecule has 2 rings (SSSR count). The molecule has 1 atom stereocenters. The highest BCUT2D eigenvalue weighted by molar-refractivity contribution is 7.08. The number of hydrogen-bond acceptors (Lipinski definition) is 4. The Balaban J connectivity index is 1.84. The van der Waals surface area contributed by atoms with Gasteiger partial charge in [0.25, 0.3) is 5.91 Å². The summed E-state index contributed by atoms with van der Waals surface area (Å²) in [6.45, 7) is 1.54. The van der Waals surface area contributed by atoms with Gasteiger partial charge in [0.15, 0.2) is 6.10 Å². The Hall–Kier alpha value is -2.40. The SMILES string of the molecule is C[C@@H](OC(=O)/C=C/c1ccsc1)C(=O)Nc1ccccc1. The first-order valence-electron chi connectivity index (χ1n) is 6.42. The summed E-state index contributed by atoms with van der Waals surface area (Å²) in [4.78, 5) is 23.5. The van der Waals surface area contributed by atoms with E-state index >= 15 is 0 Å². The zero-order valence-electron chi connectivity index (χ0n) is 11.5. The Morgan fingerprint density at radius 3 is 2.67 bits per heavy atom. The summed E-state index contributed by atoms with van der Waals surface area (Å²) in [5.41, 5.74) is 1.59. The van der Waals surface area contributed by atoms with Crippen molar-refractivity contribution in [1.29, 1.82) is 0 Å². The van der Waals surface area contributed by atoms with Gasteiger partial charge in [0, 0.05) is 11.8 Å². The van der Waals surface area contributed by atoms with Crippen LogP contribution in [0.1, 0.15) is 12.5 Å². The lowest BCUT2D eigenvalue weighted by molar-refractivity contribution is -0.148. The summed E-state index contributed by atoms with van der Waals surface area (Å²) in [7, 11) is 0. The lowest BCUT2D eigenvalue weighted by Gasteiger charge is -2.12. The highest BCUT2D eigenvalue weighted by Gasteiger charge is 2.16. The minimum atomic E-state index is -0.857. The molecule has 0 saturated heterocycles. The van der Waals surface area contributed by atoms with Gasteiger partial charge >= 0.3 is 5.97 Å². The van der Waals surface area contributed by atoms with Gasteiger partial charge in [-0.25, -0.2) is 4.79 Å². The molecule has 0 radical (unpaired) electrons. The summed E-state index contributed by atoms with van der Waals surface area (Å²) in [6, 6.07) is 10.9. The predicted molar refractivity (Wildman–Crippen MR) is 84.0 cm³/mol. The summed E-state index contributed by atoms with van der Waals surface area (Å²) < 4.78 is 5.05. The van der Waals surface area contributed by atoms with Crippen LogP contribution in [-0.2, 0) is 14.3 Å². The fourth-order valence-corrected chi connectivity index (χ4v) is 2.20. The number of para-hydroxylation sites is 1. The first kappa shape index (κ1) is 15.0. The van der Waals surface area contributed by atoms with Crippen LogP contribution in [0.4, 0.5) is 5.69 Å². The van der Waals surface area contributed by atoms with Crippen molar-refractivity contribution < 1.29 is 14.3 Å². The highest BCUT2D eigenvalue weighted by atomic mass is 32.1. The molecule has 0 bridgehead atoms. The second-order valence-corrected chi connectivity index (χ2v) is 5.10. The van der Waals surface area contributed by atoms with E-state index in [4.69, 9.17) is 4.74 Å². The van der Waals surface area contributed by atoms with Crippen molar-refractivity contribution in [2.75, 3.05) is 5.32 Å². The van der Waals surface area contributed by atoms with E-state index < -0.39 is 12.1 Å². The standard InChI is InChI=1S/C16H15NO3S/c1-12(16(19)17-14-5-3-2-4-6-14)20-15(18)8-7-13-9-10-21-11-13/h2-12H,1H3,(H,17,19)/b8-7+/t12-/m1/s1. The number of hydrogen-bond donors (Lipinski definition) is 1. The van der Waals surface area contributed by atoms with Crippen molar-refractivity contribution in [2.45, 2.75) is 13.0 Å². The van der Waals surface area contributed by atoms with Crippen LogP contribution in [0.2, 0.25) is 0 Å². The Labute approximate surface area is 127 Å². The number of ether oxygens (including phenoxy) is 1. The molecule has 0 spiro atoms. The minimum absolute atomic E-state index is 0.363. The molecule has 0 aliphatic carbocycles. The van der Waals surface area contributed by atoms with E-state index in [2.05, 4.69) is 5.32 Å². The normalized spacial score (nSPS) is 12.0. The number of benzene rings is 1. The summed E-state index contributed by atoms with van der Waals surface area (Å²) in [5, 5.41) is 6.51. The van der Waals surface area contributed by atoms with Crippen LogP contribution in [0.15, 0.2) is 53.2 Å². The third-order valence-electron chi connectivity index (χ3n) is 2.66. The smallest absolute Gasteiger partial charge is 0.331 e. The van der Waals surface area contributed by atoms with Crippen LogP contribution in [-0.4, -0.2) is 18.0 Å². The van der Waals surface area contributed by atoms with Gasteiger partial charge in [-0.1, -0.05) is 18.2 Å². The van der Waals surface area contributed by atoms with E-state index in [-0.39, 0.29) is 5.91 Å². The molecular weight excluding hydrogens is 286 g/mol. The molecule has 1 amide bonds. The largest absolute Gasteiger partial charge is 0.449 e. The highest BCUT2D eigenvalue weighted by Crippen LogP contribution is 2.09. The van der Waals surface area contributed by atoms with E-state index in [0.29, 0.717) is 5.69 Å². The maximum Gasteiger partial charge on any atom is 0.331 e. The molecule has 0 aliphatic heterocycles. The van der Waals surface area contributed by atoms with Gasteiger partial charge in [0.2, 0.25) is 0 Å².